The molecule has 0 nitrogen and oxygen atoms in total. The Balaban J connectivity index is 1.62. The highest BCUT2D eigenvalue weighted by atomic mass is 79.9. The summed E-state index contributed by atoms with van der Waals surface area (Å²) in [4.78, 5) is 0. The lowest BCUT2D eigenvalue weighted by Gasteiger charge is -2.17. The maximum atomic E-state index is 3.95. The molecule has 33 heavy (non-hydrogen) atoms. The number of fused-ring (bicyclic) bond motifs is 2. The number of benzene rings is 6. The maximum absolute atomic E-state index is 3.95. The van der Waals surface area contributed by atoms with Crippen LogP contribution in [0.5, 0.6) is 0 Å². The van der Waals surface area contributed by atoms with Gasteiger partial charge in [0.05, 0.1) is 0 Å². The van der Waals surface area contributed by atoms with Crippen molar-refractivity contribution in [2.45, 2.75) is 12.8 Å². The number of rotatable bonds is 2. The zero-order valence-corrected chi connectivity index (χ0v) is 19.7. The van der Waals surface area contributed by atoms with Crippen LogP contribution in [0.2, 0.25) is 0 Å². The third-order valence-corrected chi connectivity index (χ3v) is 8.02. The molecule has 1 aliphatic rings. The highest BCUT2D eigenvalue weighted by Gasteiger charge is 2.19. The molecule has 0 N–H and O–H groups in total. The predicted molar refractivity (Wildman–Crippen MR) is 145 cm³/mol. The summed E-state index contributed by atoms with van der Waals surface area (Å²) in [6.07, 6.45) is 2.28. The van der Waals surface area contributed by atoms with E-state index in [1.807, 2.05) is 0 Å². The van der Waals surface area contributed by atoms with Crippen molar-refractivity contribution < 1.29 is 0 Å². The first-order valence-corrected chi connectivity index (χ1v) is 12.3. The number of hydrogen-bond donors (Lipinski definition) is 0. The van der Waals surface area contributed by atoms with E-state index in [0.29, 0.717) is 0 Å². The average molecular weight is 485 g/mol. The molecule has 7 rings (SSSR count). The van der Waals surface area contributed by atoms with Crippen molar-refractivity contribution >= 4 is 48.2 Å². The molecule has 0 aromatic heterocycles. The van der Waals surface area contributed by atoms with Gasteiger partial charge in [-0.05, 0) is 107 Å². The first-order chi connectivity index (χ1) is 16.3. The molecule has 0 amide bonds. The van der Waals surface area contributed by atoms with Crippen molar-refractivity contribution in [3.8, 4) is 22.3 Å². The third-order valence-electron chi connectivity index (χ3n) is 7.16. The Morgan fingerprint density at radius 1 is 0.485 bits per heavy atom. The van der Waals surface area contributed by atoms with Crippen molar-refractivity contribution in [3.63, 3.8) is 0 Å². The molecule has 0 fully saturated rings. The molecule has 1 aliphatic carbocycles. The summed E-state index contributed by atoms with van der Waals surface area (Å²) in [5, 5.41) is 7.94. The smallest absolute Gasteiger partial charge is 0.0332 e. The Labute approximate surface area is 201 Å². The first kappa shape index (κ1) is 19.1. The highest BCUT2D eigenvalue weighted by Crippen LogP contribution is 2.44. The summed E-state index contributed by atoms with van der Waals surface area (Å²) in [7, 11) is 0. The molecule has 0 radical (unpaired) electrons. The quantitative estimate of drug-likeness (QED) is 0.214. The molecule has 0 saturated carbocycles. The second-order valence-electron chi connectivity index (χ2n) is 9.01. The summed E-state index contributed by atoms with van der Waals surface area (Å²) in [6.45, 7) is 0. The van der Waals surface area contributed by atoms with Crippen LogP contribution in [-0.4, -0.2) is 0 Å². The van der Waals surface area contributed by atoms with Crippen molar-refractivity contribution in [3.05, 3.63) is 119 Å². The minimum atomic E-state index is 1.13. The van der Waals surface area contributed by atoms with Gasteiger partial charge >= 0.3 is 0 Å². The fourth-order valence-corrected chi connectivity index (χ4v) is 6.36. The molecule has 0 atom stereocenters. The van der Waals surface area contributed by atoms with Gasteiger partial charge in [-0.25, -0.2) is 0 Å². The second kappa shape index (κ2) is 7.30. The van der Waals surface area contributed by atoms with Gasteiger partial charge in [0, 0.05) is 4.47 Å². The summed E-state index contributed by atoms with van der Waals surface area (Å²) in [5.74, 6) is 0. The van der Waals surface area contributed by atoms with Gasteiger partial charge in [0.2, 0.25) is 0 Å². The molecular formula is C32H21Br. The standard InChI is InChI=1S/C32H21Br/c33-32-27-12-5-4-11-26(27)31(25-17-23-10-6-9-21-13-14-24(18-25)30(21)23)29-19-22(15-16-28(29)32)20-7-2-1-3-8-20/h1-12,15-19H,13-14H2. The maximum Gasteiger partial charge on any atom is 0.0332 e. The van der Waals surface area contributed by atoms with Crippen LogP contribution < -0.4 is 0 Å². The van der Waals surface area contributed by atoms with Gasteiger partial charge < -0.3 is 0 Å². The second-order valence-corrected chi connectivity index (χ2v) is 9.80. The summed E-state index contributed by atoms with van der Waals surface area (Å²) in [6, 6.07) is 38.0. The van der Waals surface area contributed by atoms with Crippen molar-refractivity contribution in [2.24, 2.45) is 0 Å². The summed E-state index contributed by atoms with van der Waals surface area (Å²) < 4.78 is 1.17. The Morgan fingerprint density at radius 2 is 1.24 bits per heavy atom. The van der Waals surface area contributed by atoms with E-state index in [1.54, 1.807) is 0 Å². The first-order valence-electron chi connectivity index (χ1n) is 11.5. The van der Waals surface area contributed by atoms with Gasteiger partial charge in [-0.15, -0.1) is 0 Å². The van der Waals surface area contributed by atoms with Gasteiger partial charge in [-0.1, -0.05) is 91.0 Å². The molecule has 0 heterocycles. The van der Waals surface area contributed by atoms with E-state index in [-0.39, 0.29) is 0 Å². The predicted octanol–water partition coefficient (Wildman–Crippen LogP) is 9.34. The number of aryl methyl sites for hydroxylation is 2. The molecule has 0 unspecified atom stereocenters. The van der Waals surface area contributed by atoms with Crippen LogP contribution in [0.15, 0.2) is 108 Å². The minimum Gasteiger partial charge on any atom is -0.0622 e. The largest absolute Gasteiger partial charge is 0.0622 e. The molecule has 0 aliphatic heterocycles. The molecule has 0 bridgehead atoms. The summed E-state index contributed by atoms with van der Waals surface area (Å²) >= 11 is 3.95. The lowest BCUT2D eigenvalue weighted by Crippen LogP contribution is -1.90. The molecule has 156 valence electrons. The van der Waals surface area contributed by atoms with Crippen LogP contribution in [0.25, 0.3) is 54.6 Å². The van der Waals surface area contributed by atoms with E-state index in [1.165, 1.54) is 70.2 Å². The van der Waals surface area contributed by atoms with Gasteiger partial charge in [-0.3, -0.25) is 0 Å². The van der Waals surface area contributed by atoms with Gasteiger partial charge in [-0.2, -0.15) is 0 Å². The third kappa shape index (κ3) is 2.89. The molecular weight excluding hydrogens is 464 g/mol. The van der Waals surface area contributed by atoms with Gasteiger partial charge in [0.25, 0.3) is 0 Å². The zero-order valence-electron chi connectivity index (χ0n) is 18.1. The van der Waals surface area contributed by atoms with E-state index in [0.717, 1.165) is 12.8 Å². The fraction of sp³-hybridized carbons (Fsp3) is 0.0625. The highest BCUT2D eigenvalue weighted by molar-refractivity contribution is 9.10. The van der Waals surface area contributed by atoms with E-state index in [4.69, 9.17) is 0 Å². The normalized spacial score (nSPS) is 12.8. The molecule has 1 heteroatoms. The van der Waals surface area contributed by atoms with E-state index < -0.39 is 0 Å². The van der Waals surface area contributed by atoms with Crippen molar-refractivity contribution in [1.29, 1.82) is 0 Å². The van der Waals surface area contributed by atoms with E-state index >= 15 is 0 Å². The topological polar surface area (TPSA) is 0 Å². The monoisotopic (exact) mass is 484 g/mol. The van der Waals surface area contributed by atoms with E-state index in [9.17, 15) is 0 Å². The Hall–Kier alpha value is -3.42. The fourth-order valence-electron chi connectivity index (χ4n) is 5.67. The molecule has 0 spiro atoms. The van der Waals surface area contributed by atoms with Crippen LogP contribution in [0.3, 0.4) is 0 Å². The van der Waals surface area contributed by atoms with Gasteiger partial charge in [0.15, 0.2) is 0 Å². The van der Waals surface area contributed by atoms with Crippen molar-refractivity contribution in [1.82, 2.24) is 0 Å². The van der Waals surface area contributed by atoms with Crippen molar-refractivity contribution in [2.75, 3.05) is 0 Å². The number of hydrogen-bond acceptors (Lipinski definition) is 0. The SMILES string of the molecule is Brc1c2ccccc2c(-c2cc3c4c(cccc4c2)CC3)c2cc(-c3ccccc3)ccc12. The molecule has 6 aromatic carbocycles. The van der Waals surface area contributed by atoms with Crippen LogP contribution >= 0.6 is 15.9 Å². The summed E-state index contributed by atoms with van der Waals surface area (Å²) in [5.41, 5.74) is 8.12. The van der Waals surface area contributed by atoms with Crippen LogP contribution in [0.4, 0.5) is 0 Å². The van der Waals surface area contributed by atoms with Crippen LogP contribution in [0, 0.1) is 0 Å². The lowest BCUT2D eigenvalue weighted by atomic mass is 9.88. The lowest BCUT2D eigenvalue weighted by molar-refractivity contribution is 1.02. The Kier molecular flexibility index (Phi) is 4.22. The van der Waals surface area contributed by atoms with Crippen LogP contribution in [-0.2, 0) is 12.8 Å². The molecule has 6 aromatic rings. The number of halogens is 1. The average Bonchev–Trinajstić information content (AvgIpc) is 3.29. The zero-order chi connectivity index (χ0) is 21.9. The molecule has 0 saturated heterocycles. The Morgan fingerprint density at radius 3 is 2.12 bits per heavy atom. The minimum absolute atomic E-state index is 1.13. The Bertz CT molecular complexity index is 1710. The van der Waals surface area contributed by atoms with Crippen LogP contribution in [0.1, 0.15) is 11.1 Å². The van der Waals surface area contributed by atoms with E-state index in [2.05, 4.69) is 119 Å². The van der Waals surface area contributed by atoms with Gasteiger partial charge in [0.1, 0.15) is 0 Å².